The van der Waals surface area contributed by atoms with Crippen LogP contribution in [0.1, 0.15) is 26.6 Å². The fourth-order valence-electron chi connectivity index (χ4n) is 2.75. The van der Waals surface area contributed by atoms with E-state index in [4.69, 9.17) is 18.6 Å². The number of aromatic nitrogens is 1. The molecule has 150 valence electrons. The molecule has 0 radical (unpaired) electrons. The molecular formula is C21H20N2O6. The highest BCUT2D eigenvalue weighted by Crippen LogP contribution is 2.34. The van der Waals surface area contributed by atoms with Gasteiger partial charge in [-0.3, -0.25) is 4.79 Å². The largest absolute Gasteiger partial charge is 0.493 e. The van der Waals surface area contributed by atoms with Crippen LogP contribution in [0.4, 0.5) is 5.69 Å². The summed E-state index contributed by atoms with van der Waals surface area (Å²) in [6, 6.07) is 12.1. The third-order valence-electron chi connectivity index (χ3n) is 4.21. The molecule has 1 heterocycles. The Morgan fingerprint density at radius 2 is 1.66 bits per heavy atom. The van der Waals surface area contributed by atoms with Crippen LogP contribution in [0, 0.1) is 6.92 Å². The first-order valence-corrected chi connectivity index (χ1v) is 8.67. The maximum Gasteiger partial charge on any atom is 0.340 e. The number of amides is 1. The molecule has 0 spiro atoms. The van der Waals surface area contributed by atoms with Crippen molar-refractivity contribution in [3.8, 4) is 23.0 Å². The number of anilines is 1. The molecule has 8 nitrogen and oxygen atoms in total. The summed E-state index contributed by atoms with van der Waals surface area (Å²) in [4.78, 5) is 29.3. The Labute approximate surface area is 167 Å². The molecule has 0 aliphatic heterocycles. The van der Waals surface area contributed by atoms with Crippen molar-refractivity contribution in [2.45, 2.75) is 6.92 Å². The summed E-state index contributed by atoms with van der Waals surface area (Å²) in [6.45, 7) is 1.64. The van der Waals surface area contributed by atoms with Crippen molar-refractivity contribution in [1.29, 1.82) is 0 Å². The summed E-state index contributed by atoms with van der Waals surface area (Å²) in [6.07, 6.45) is 0. The van der Waals surface area contributed by atoms with Crippen molar-refractivity contribution in [2.24, 2.45) is 0 Å². The molecule has 0 aliphatic rings. The molecule has 0 saturated heterocycles. The van der Waals surface area contributed by atoms with E-state index in [1.807, 2.05) is 30.3 Å². The Hall–Kier alpha value is -3.81. The predicted molar refractivity (Wildman–Crippen MR) is 106 cm³/mol. The van der Waals surface area contributed by atoms with Crippen LogP contribution in [0.3, 0.4) is 0 Å². The molecule has 3 rings (SSSR count). The summed E-state index contributed by atoms with van der Waals surface area (Å²) >= 11 is 0. The maximum absolute atomic E-state index is 12.8. The highest BCUT2D eigenvalue weighted by Gasteiger charge is 2.23. The molecule has 0 aliphatic carbocycles. The first-order chi connectivity index (χ1) is 14.0. The number of benzene rings is 2. The fraction of sp³-hybridized carbons (Fsp3) is 0.190. The standard InChI is InChI=1S/C21H20N2O6/c1-12-18(23-20(29-12)13-8-6-5-7-9-13)19(24)22-15-11-17(27-3)16(26-2)10-14(15)21(25)28-4/h5-11H,1-4H3,(H,22,24). The summed E-state index contributed by atoms with van der Waals surface area (Å²) in [5.74, 6) is 0.177. The minimum Gasteiger partial charge on any atom is -0.493 e. The van der Waals surface area contributed by atoms with E-state index in [0.29, 0.717) is 23.1 Å². The van der Waals surface area contributed by atoms with Gasteiger partial charge in [-0.25, -0.2) is 9.78 Å². The van der Waals surface area contributed by atoms with E-state index < -0.39 is 11.9 Å². The summed E-state index contributed by atoms with van der Waals surface area (Å²) in [5, 5.41) is 2.68. The number of rotatable bonds is 6. The van der Waals surface area contributed by atoms with E-state index in [2.05, 4.69) is 10.3 Å². The lowest BCUT2D eigenvalue weighted by molar-refractivity contribution is 0.0601. The number of ether oxygens (including phenoxy) is 3. The quantitative estimate of drug-likeness (QED) is 0.634. The Bertz CT molecular complexity index is 1040. The number of hydrogen-bond acceptors (Lipinski definition) is 7. The molecule has 0 unspecified atom stereocenters. The molecule has 1 aromatic heterocycles. The number of esters is 1. The number of carbonyl (C=O) groups excluding carboxylic acids is 2. The molecule has 0 atom stereocenters. The zero-order chi connectivity index (χ0) is 21.0. The number of aryl methyl sites for hydroxylation is 1. The Morgan fingerprint density at radius 1 is 1.00 bits per heavy atom. The lowest BCUT2D eigenvalue weighted by Crippen LogP contribution is -2.17. The van der Waals surface area contributed by atoms with Gasteiger partial charge >= 0.3 is 5.97 Å². The third kappa shape index (κ3) is 4.06. The van der Waals surface area contributed by atoms with E-state index in [-0.39, 0.29) is 16.9 Å². The first-order valence-electron chi connectivity index (χ1n) is 8.67. The highest BCUT2D eigenvalue weighted by molar-refractivity contribution is 6.08. The third-order valence-corrected chi connectivity index (χ3v) is 4.21. The van der Waals surface area contributed by atoms with Crippen molar-refractivity contribution in [1.82, 2.24) is 4.98 Å². The number of hydrogen-bond donors (Lipinski definition) is 1. The van der Waals surface area contributed by atoms with Crippen molar-refractivity contribution in [2.75, 3.05) is 26.6 Å². The smallest absolute Gasteiger partial charge is 0.340 e. The lowest BCUT2D eigenvalue weighted by atomic mass is 10.1. The van der Waals surface area contributed by atoms with Crippen LogP contribution in [-0.4, -0.2) is 38.2 Å². The van der Waals surface area contributed by atoms with Crippen LogP contribution in [0.5, 0.6) is 11.5 Å². The van der Waals surface area contributed by atoms with Gasteiger partial charge in [0, 0.05) is 17.7 Å². The number of nitrogens with zero attached hydrogens (tertiary/aromatic N) is 1. The second kappa shape index (κ2) is 8.47. The van der Waals surface area contributed by atoms with E-state index >= 15 is 0 Å². The predicted octanol–water partition coefficient (Wildman–Crippen LogP) is 3.71. The second-order valence-electron chi connectivity index (χ2n) is 5.99. The molecule has 1 amide bonds. The van der Waals surface area contributed by atoms with Gasteiger partial charge in [-0.2, -0.15) is 0 Å². The molecule has 1 N–H and O–H groups in total. The minimum atomic E-state index is -0.636. The lowest BCUT2D eigenvalue weighted by Gasteiger charge is -2.14. The van der Waals surface area contributed by atoms with Crippen LogP contribution >= 0.6 is 0 Å². The van der Waals surface area contributed by atoms with Gasteiger partial charge in [-0.05, 0) is 19.1 Å². The monoisotopic (exact) mass is 396 g/mol. The van der Waals surface area contributed by atoms with Crippen molar-refractivity contribution < 1.29 is 28.2 Å². The van der Waals surface area contributed by atoms with Gasteiger partial charge < -0.3 is 23.9 Å². The zero-order valence-corrected chi connectivity index (χ0v) is 16.4. The minimum absolute atomic E-state index is 0.106. The van der Waals surface area contributed by atoms with Crippen molar-refractivity contribution in [3.05, 3.63) is 59.5 Å². The van der Waals surface area contributed by atoms with E-state index in [9.17, 15) is 9.59 Å². The Morgan fingerprint density at radius 3 is 2.28 bits per heavy atom. The summed E-state index contributed by atoms with van der Waals surface area (Å²) < 4.78 is 20.9. The first kappa shape index (κ1) is 19.9. The number of carbonyl (C=O) groups is 2. The molecule has 0 bridgehead atoms. The van der Waals surface area contributed by atoms with Crippen molar-refractivity contribution in [3.63, 3.8) is 0 Å². The molecule has 2 aromatic carbocycles. The van der Waals surface area contributed by atoms with Gasteiger partial charge in [0.2, 0.25) is 5.89 Å². The molecule has 0 fully saturated rings. The average Bonchev–Trinajstić information content (AvgIpc) is 3.15. The maximum atomic E-state index is 12.8. The molecule has 3 aromatic rings. The topological polar surface area (TPSA) is 99.9 Å². The Balaban J connectivity index is 1.96. The average molecular weight is 396 g/mol. The molecule has 8 heteroatoms. The van der Waals surface area contributed by atoms with Gasteiger partial charge in [0.05, 0.1) is 32.6 Å². The van der Waals surface area contributed by atoms with Crippen LogP contribution in [0.25, 0.3) is 11.5 Å². The highest BCUT2D eigenvalue weighted by atomic mass is 16.5. The SMILES string of the molecule is COC(=O)c1cc(OC)c(OC)cc1NC(=O)c1nc(-c2ccccc2)oc1C. The van der Waals surface area contributed by atoms with Gasteiger partial charge in [0.25, 0.3) is 5.91 Å². The molecular weight excluding hydrogens is 376 g/mol. The van der Waals surface area contributed by atoms with Gasteiger partial charge in [-0.1, -0.05) is 18.2 Å². The normalized spacial score (nSPS) is 10.3. The van der Waals surface area contributed by atoms with E-state index in [1.54, 1.807) is 6.92 Å². The number of methoxy groups -OCH3 is 3. The molecule has 0 saturated carbocycles. The number of nitrogens with one attached hydrogen (secondary N) is 1. The van der Waals surface area contributed by atoms with Crippen LogP contribution in [0.15, 0.2) is 46.9 Å². The van der Waals surface area contributed by atoms with E-state index in [1.165, 1.54) is 33.5 Å². The van der Waals surface area contributed by atoms with Crippen LogP contribution in [0.2, 0.25) is 0 Å². The fourth-order valence-corrected chi connectivity index (χ4v) is 2.75. The van der Waals surface area contributed by atoms with Gasteiger partial charge in [0.1, 0.15) is 5.76 Å². The number of oxazole rings is 1. The van der Waals surface area contributed by atoms with Crippen LogP contribution < -0.4 is 14.8 Å². The molecule has 29 heavy (non-hydrogen) atoms. The zero-order valence-electron chi connectivity index (χ0n) is 16.4. The van der Waals surface area contributed by atoms with Gasteiger partial charge in [-0.15, -0.1) is 0 Å². The van der Waals surface area contributed by atoms with Crippen molar-refractivity contribution >= 4 is 17.6 Å². The Kier molecular flexibility index (Phi) is 5.82. The summed E-state index contributed by atoms with van der Waals surface area (Å²) in [5.41, 5.74) is 1.16. The van der Waals surface area contributed by atoms with Crippen LogP contribution in [-0.2, 0) is 4.74 Å². The van der Waals surface area contributed by atoms with Gasteiger partial charge in [0.15, 0.2) is 17.2 Å². The summed E-state index contributed by atoms with van der Waals surface area (Å²) in [7, 11) is 4.15. The van der Waals surface area contributed by atoms with E-state index in [0.717, 1.165) is 5.56 Å². The second-order valence-corrected chi connectivity index (χ2v) is 5.99.